The molecule has 1 aliphatic rings. The molecule has 0 fully saturated rings. The molecule has 1 aliphatic carbocycles. The van der Waals surface area contributed by atoms with Gasteiger partial charge in [0.1, 0.15) is 5.82 Å². The van der Waals surface area contributed by atoms with Gasteiger partial charge in [-0.25, -0.2) is 4.79 Å². The Morgan fingerprint density at radius 2 is 2.03 bits per heavy atom. The van der Waals surface area contributed by atoms with E-state index in [2.05, 4.69) is 11.1 Å². The summed E-state index contributed by atoms with van der Waals surface area (Å²) in [6.07, 6.45) is 7.10. The van der Waals surface area contributed by atoms with E-state index < -0.39 is 11.2 Å². The lowest BCUT2D eigenvalue weighted by molar-refractivity contribution is -0.116. The third kappa shape index (κ3) is 5.92. The number of H-pyrrole nitrogens is 1. The molecule has 3 rings (SSSR count). The van der Waals surface area contributed by atoms with E-state index >= 15 is 0 Å². The molecule has 32 heavy (non-hydrogen) atoms. The summed E-state index contributed by atoms with van der Waals surface area (Å²) in [4.78, 5) is 42.0. The summed E-state index contributed by atoms with van der Waals surface area (Å²) in [6, 6.07) is 11.3. The molecule has 0 saturated carbocycles. The van der Waals surface area contributed by atoms with Gasteiger partial charge in [0, 0.05) is 6.54 Å². The number of aromatic amines is 1. The number of nitrogen functional groups attached to an aromatic ring is 1. The molecule has 168 valence electrons. The number of hydrogen-bond donors (Lipinski definition) is 2. The molecule has 9 heteroatoms. The highest BCUT2D eigenvalue weighted by Gasteiger charge is 2.24. The van der Waals surface area contributed by atoms with E-state index in [1.807, 2.05) is 36.4 Å². The van der Waals surface area contributed by atoms with Crippen LogP contribution in [0.4, 0.5) is 11.5 Å². The first-order valence-corrected chi connectivity index (χ1v) is 11.8. The second-order valence-electron chi connectivity index (χ2n) is 7.62. The summed E-state index contributed by atoms with van der Waals surface area (Å²) < 4.78 is 1.27. The first kappa shape index (κ1) is 23.4. The Hall–Kier alpha value is -3.25. The average molecular weight is 454 g/mol. The Morgan fingerprint density at radius 1 is 1.25 bits per heavy atom. The van der Waals surface area contributed by atoms with Crippen molar-refractivity contribution >= 4 is 29.2 Å². The molecule has 0 radical (unpaired) electrons. The Bertz CT molecular complexity index is 1130. The second kappa shape index (κ2) is 11.4. The lowest BCUT2D eigenvalue weighted by Gasteiger charge is -2.25. The van der Waals surface area contributed by atoms with E-state index in [0.717, 1.165) is 31.2 Å². The number of benzene rings is 1. The molecule has 0 unspecified atom stereocenters. The summed E-state index contributed by atoms with van der Waals surface area (Å²) in [5.41, 5.74) is 7.08. The zero-order valence-corrected chi connectivity index (χ0v) is 18.7. The second-order valence-corrected chi connectivity index (χ2v) is 8.60. The number of nitrogens with zero attached hydrogens (tertiary/aromatic N) is 3. The molecule has 2 aromatic rings. The number of anilines is 2. The van der Waals surface area contributed by atoms with Crippen molar-refractivity contribution in [1.29, 1.82) is 5.26 Å². The van der Waals surface area contributed by atoms with E-state index in [4.69, 9.17) is 11.0 Å². The van der Waals surface area contributed by atoms with Crippen LogP contribution in [-0.2, 0) is 11.3 Å². The maximum Gasteiger partial charge on any atom is 0.330 e. The maximum atomic E-state index is 13.0. The van der Waals surface area contributed by atoms with Gasteiger partial charge in [0.05, 0.1) is 24.1 Å². The molecule has 0 saturated heterocycles. The van der Waals surface area contributed by atoms with Gasteiger partial charge in [0.15, 0.2) is 5.69 Å². The summed E-state index contributed by atoms with van der Waals surface area (Å²) >= 11 is 1.18. The molecule has 1 heterocycles. The third-order valence-electron chi connectivity index (χ3n) is 5.40. The van der Waals surface area contributed by atoms with Gasteiger partial charge in [-0.15, -0.1) is 11.8 Å². The number of hydrogen-bond acceptors (Lipinski definition) is 6. The number of thioether (sulfide) groups is 1. The number of amides is 1. The van der Waals surface area contributed by atoms with Crippen LogP contribution < -0.4 is 21.9 Å². The van der Waals surface area contributed by atoms with Crippen molar-refractivity contribution in [3.63, 3.8) is 0 Å². The third-order valence-corrected chi connectivity index (χ3v) is 6.19. The fraction of sp³-hybridized carbons (Fsp3) is 0.391. The lowest BCUT2D eigenvalue weighted by atomic mass is 9.97. The smallest absolute Gasteiger partial charge is 0.330 e. The van der Waals surface area contributed by atoms with Gasteiger partial charge in [-0.3, -0.25) is 19.1 Å². The number of nitriles is 1. The summed E-state index contributed by atoms with van der Waals surface area (Å²) in [5, 5.41) is 8.79. The number of nitrogens with one attached hydrogen (secondary N) is 1. The largest absolute Gasteiger partial charge is 0.383 e. The van der Waals surface area contributed by atoms with Gasteiger partial charge in [-0.05, 0) is 37.7 Å². The van der Waals surface area contributed by atoms with Crippen molar-refractivity contribution < 1.29 is 4.79 Å². The molecule has 1 aromatic carbocycles. The molecule has 0 spiro atoms. The predicted octanol–water partition coefficient (Wildman–Crippen LogP) is 2.65. The fourth-order valence-corrected chi connectivity index (χ4v) is 4.30. The van der Waals surface area contributed by atoms with E-state index in [1.54, 1.807) is 0 Å². The summed E-state index contributed by atoms with van der Waals surface area (Å²) in [5.74, 6) is -0.143. The highest BCUT2D eigenvalue weighted by Crippen LogP contribution is 2.24. The van der Waals surface area contributed by atoms with Gasteiger partial charge in [-0.1, -0.05) is 42.0 Å². The van der Waals surface area contributed by atoms with Gasteiger partial charge >= 0.3 is 5.69 Å². The van der Waals surface area contributed by atoms with Gasteiger partial charge < -0.3 is 10.6 Å². The number of allylic oxidation sites excluding steroid dienone is 1. The van der Waals surface area contributed by atoms with Crippen LogP contribution >= 0.6 is 11.8 Å². The van der Waals surface area contributed by atoms with Gasteiger partial charge in [0.25, 0.3) is 5.56 Å². The van der Waals surface area contributed by atoms with Gasteiger partial charge in [-0.2, -0.15) is 5.26 Å². The summed E-state index contributed by atoms with van der Waals surface area (Å²) in [6.45, 7) is 0.459. The minimum atomic E-state index is -0.687. The number of carbonyl (C=O) groups excluding carboxylic acids is 1. The molecule has 0 aliphatic heterocycles. The number of nitrogens with two attached hydrogens (primary N) is 1. The monoisotopic (exact) mass is 453 g/mol. The van der Waals surface area contributed by atoms with Crippen molar-refractivity contribution in [2.24, 2.45) is 0 Å². The molecular weight excluding hydrogens is 426 g/mol. The van der Waals surface area contributed by atoms with Crippen LogP contribution in [0, 0.1) is 11.3 Å². The Balaban J connectivity index is 1.96. The molecule has 1 amide bonds. The van der Waals surface area contributed by atoms with Crippen LogP contribution in [0.2, 0.25) is 0 Å². The van der Waals surface area contributed by atoms with Crippen LogP contribution in [-0.4, -0.2) is 33.5 Å². The highest BCUT2D eigenvalue weighted by atomic mass is 32.2. The first-order valence-electron chi connectivity index (χ1n) is 10.6. The van der Waals surface area contributed by atoms with E-state index in [-0.39, 0.29) is 42.0 Å². The Kier molecular flexibility index (Phi) is 8.34. The molecule has 3 N–H and O–H groups in total. The number of aromatic nitrogens is 2. The lowest BCUT2D eigenvalue weighted by Crippen LogP contribution is -2.42. The SMILES string of the molecule is N#CCSCC(=O)N(CCC1=CCCCC1)c1c(N)n(Cc2ccccc2)c(=O)[nH]c1=O. The highest BCUT2D eigenvalue weighted by molar-refractivity contribution is 8.00. The van der Waals surface area contributed by atoms with E-state index in [1.165, 1.54) is 26.8 Å². The number of rotatable bonds is 9. The van der Waals surface area contributed by atoms with E-state index in [0.29, 0.717) is 6.42 Å². The normalized spacial score (nSPS) is 13.3. The Labute approximate surface area is 190 Å². The van der Waals surface area contributed by atoms with Crippen LogP contribution in [0.5, 0.6) is 0 Å². The molecular formula is C23H27N5O3S. The van der Waals surface area contributed by atoms with Crippen LogP contribution in [0.15, 0.2) is 51.6 Å². The van der Waals surface area contributed by atoms with Crippen molar-refractivity contribution in [3.8, 4) is 6.07 Å². The van der Waals surface area contributed by atoms with Crippen LogP contribution in [0.1, 0.15) is 37.7 Å². The molecule has 0 bridgehead atoms. The maximum absolute atomic E-state index is 13.0. The van der Waals surface area contributed by atoms with Crippen LogP contribution in [0.25, 0.3) is 0 Å². The molecule has 0 atom stereocenters. The zero-order chi connectivity index (χ0) is 22.9. The van der Waals surface area contributed by atoms with Crippen molar-refractivity contribution in [1.82, 2.24) is 9.55 Å². The minimum Gasteiger partial charge on any atom is -0.383 e. The van der Waals surface area contributed by atoms with E-state index in [9.17, 15) is 14.4 Å². The molecule has 1 aromatic heterocycles. The standard InChI is InChI=1S/C23H27N5O3S/c24-12-14-32-16-19(29)27(13-11-17-7-3-1-4-8-17)20-21(25)28(23(31)26-22(20)30)15-18-9-5-2-6-10-18/h2,5-7,9-10H,1,3-4,8,11,13-16,25H2,(H,26,30,31). The fourth-order valence-electron chi connectivity index (χ4n) is 3.77. The van der Waals surface area contributed by atoms with Crippen molar-refractivity contribution in [2.45, 2.75) is 38.6 Å². The van der Waals surface area contributed by atoms with Gasteiger partial charge in [0.2, 0.25) is 5.91 Å². The first-order chi connectivity index (χ1) is 15.5. The topological polar surface area (TPSA) is 125 Å². The molecule has 8 nitrogen and oxygen atoms in total. The summed E-state index contributed by atoms with van der Waals surface area (Å²) in [7, 11) is 0. The minimum absolute atomic E-state index is 0.0144. The van der Waals surface area contributed by atoms with Crippen molar-refractivity contribution in [3.05, 3.63) is 68.4 Å². The average Bonchev–Trinajstić information content (AvgIpc) is 2.80. The predicted molar refractivity (Wildman–Crippen MR) is 128 cm³/mol. The number of carbonyl (C=O) groups is 1. The zero-order valence-electron chi connectivity index (χ0n) is 17.9. The van der Waals surface area contributed by atoms with Crippen molar-refractivity contribution in [2.75, 3.05) is 28.7 Å². The Morgan fingerprint density at radius 3 is 2.72 bits per heavy atom. The quantitative estimate of drug-likeness (QED) is 0.444. The van der Waals surface area contributed by atoms with Crippen LogP contribution in [0.3, 0.4) is 0 Å².